The van der Waals surface area contributed by atoms with Gasteiger partial charge >= 0.3 is 6.03 Å². The van der Waals surface area contributed by atoms with Gasteiger partial charge in [0.2, 0.25) is 5.91 Å². The van der Waals surface area contributed by atoms with E-state index in [4.69, 9.17) is 5.73 Å². The van der Waals surface area contributed by atoms with Crippen LogP contribution < -0.4 is 11.1 Å². The number of rotatable bonds is 3. The summed E-state index contributed by atoms with van der Waals surface area (Å²) in [5.41, 5.74) is 5.22. The zero-order valence-corrected chi connectivity index (χ0v) is 7.91. The van der Waals surface area contributed by atoms with Crippen LogP contribution >= 0.6 is 0 Å². The SMILES string of the molecule is CC(C)C(C(N)=O)N1CCNC1=O. The molecule has 1 aliphatic heterocycles. The normalized spacial score (nSPS) is 19.0. The van der Waals surface area contributed by atoms with E-state index < -0.39 is 11.9 Å². The molecule has 3 amide bonds. The second-order valence-electron chi connectivity index (χ2n) is 3.52. The molecule has 1 saturated heterocycles. The lowest BCUT2D eigenvalue weighted by atomic mass is 10.0. The fraction of sp³-hybridized carbons (Fsp3) is 0.750. The van der Waals surface area contributed by atoms with E-state index in [1.807, 2.05) is 13.8 Å². The fourth-order valence-corrected chi connectivity index (χ4v) is 1.59. The third-order valence-corrected chi connectivity index (χ3v) is 2.15. The van der Waals surface area contributed by atoms with Gasteiger partial charge < -0.3 is 16.0 Å². The molecule has 0 bridgehead atoms. The van der Waals surface area contributed by atoms with Crippen molar-refractivity contribution in [3.05, 3.63) is 0 Å². The molecule has 74 valence electrons. The van der Waals surface area contributed by atoms with Crippen molar-refractivity contribution >= 4 is 11.9 Å². The predicted molar refractivity (Wildman–Crippen MR) is 47.9 cm³/mol. The zero-order valence-electron chi connectivity index (χ0n) is 7.91. The lowest BCUT2D eigenvalue weighted by Crippen LogP contribution is -2.49. The number of carbonyl (C=O) groups excluding carboxylic acids is 2. The summed E-state index contributed by atoms with van der Waals surface area (Å²) in [6, 6.07) is -0.681. The van der Waals surface area contributed by atoms with Crippen molar-refractivity contribution in [2.45, 2.75) is 19.9 Å². The molecule has 1 atom stereocenters. The van der Waals surface area contributed by atoms with Gasteiger partial charge in [-0.25, -0.2) is 4.79 Å². The van der Waals surface area contributed by atoms with Crippen LogP contribution in [0.5, 0.6) is 0 Å². The highest BCUT2D eigenvalue weighted by atomic mass is 16.2. The molecule has 0 aromatic carbocycles. The van der Waals surface area contributed by atoms with Crippen LogP contribution in [0.4, 0.5) is 4.79 Å². The third-order valence-electron chi connectivity index (χ3n) is 2.15. The number of urea groups is 1. The van der Waals surface area contributed by atoms with Crippen molar-refractivity contribution in [3.8, 4) is 0 Å². The van der Waals surface area contributed by atoms with E-state index >= 15 is 0 Å². The maximum Gasteiger partial charge on any atom is 0.318 e. The molecule has 0 aromatic heterocycles. The number of nitrogens with two attached hydrogens (primary N) is 1. The Labute approximate surface area is 77.3 Å². The van der Waals surface area contributed by atoms with Crippen LogP contribution in [0, 0.1) is 5.92 Å². The van der Waals surface area contributed by atoms with Crippen molar-refractivity contribution < 1.29 is 9.59 Å². The van der Waals surface area contributed by atoms with Crippen molar-refractivity contribution in [3.63, 3.8) is 0 Å². The Hall–Kier alpha value is -1.26. The molecule has 1 heterocycles. The summed E-state index contributed by atoms with van der Waals surface area (Å²) in [6.07, 6.45) is 0. The summed E-state index contributed by atoms with van der Waals surface area (Å²) in [5, 5.41) is 2.64. The van der Waals surface area contributed by atoms with Gasteiger partial charge in [0.1, 0.15) is 6.04 Å². The predicted octanol–water partition coefficient (Wildman–Crippen LogP) is -0.478. The second-order valence-corrected chi connectivity index (χ2v) is 3.52. The molecule has 5 heteroatoms. The Morgan fingerprint density at radius 1 is 1.62 bits per heavy atom. The van der Waals surface area contributed by atoms with Crippen LogP contribution in [0.15, 0.2) is 0 Å². The molecule has 1 aliphatic rings. The molecule has 1 unspecified atom stereocenters. The van der Waals surface area contributed by atoms with E-state index in [0.717, 1.165) is 0 Å². The summed E-state index contributed by atoms with van der Waals surface area (Å²) in [4.78, 5) is 23.8. The van der Waals surface area contributed by atoms with Gasteiger partial charge in [-0.05, 0) is 5.92 Å². The molecule has 3 N–H and O–H groups in total. The minimum atomic E-state index is -0.484. The summed E-state index contributed by atoms with van der Waals surface area (Å²) in [6.45, 7) is 4.90. The number of hydrogen-bond donors (Lipinski definition) is 2. The molecule has 0 radical (unpaired) electrons. The maximum absolute atomic E-state index is 11.2. The molecule has 0 saturated carbocycles. The van der Waals surface area contributed by atoms with Crippen LogP contribution in [-0.2, 0) is 4.79 Å². The van der Waals surface area contributed by atoms with Gasteiger partial charge in [-0.15, -0.1) is 0 Å². The maximum atomic E-state index is 11.2. The monoisotopic (exact) mass is 185 g/mol. The van der Waals surface area contributed by atoms with Crippen molar-refractivity contribution in [1.82, 2.24) is 10.2 Å². The lowest BCUT2D eigenvalue weighted by Gasteiger charge is -2.26. The molecular formula is C8H15N3O2. The van der Waals surface area contributed by atoms with Crippen LogP contribution in [-0.4, -0.2) is 36.0 Å². The van der Waals surface area contributed by atoms with Gasteiger partial charge in [-0.2, -0.15) is 0 Å². The van der Waals surface area contributed by atoms with Crippen LogP contribution in [0.3, 0.4) is 0 Å². The number of nitrogens with one attached hydrogen (secondary N) is 1. The van der Waals surface area contributed by atoms with E-state index in [1.165, 1.54) is 4.90 Å². The second kappa shape index (κ2) is 3.64. The first kappa shape index (κ1) is 9.83. The first-order valence-corrected chi connectivity index (χ1v) is 4.38. The van der Waals surface area contributed by atoms with Crippen LogP contribution in [0.1, 0.15) is 13.8 Å². The molecule has 13 heavy (non-hydrogen) atoms. The first-order valence-electron chi connectivity index (χ1n) is 4.38. The van der Waals surface area contributed by atoms with Gasteiger partial charge in [0.25, 0.3) is 0 Å². The Morgan fingerprint density at radius 3 is 2.54 bits per heavy atom. The summed E-state index contributed by atoms with van der Waals surface area (Å²) >= 11 is 0. The summed E-state index contributed by atoms with van der Waals surface area (Å²) < 4.78 is 0. The van der Waals surface area contributed by atoms with Crippen LogP contribution in [0.25, 0.3) is 0 Å². The number of amides is 3. The zero-order chi connectivity index (χ0) is 10.0. The molecule has 5 nitrogen and oxygen atoms in total. The number of primary amides is 1. The van der Waals surface area contributed by atoms with E-state index in [-0.39, 0.29) is 11.9 Å². The van der Waals surface area contributed by atoms with Gasteiger partial charge in [-0.3, -0.25) is 4.79 Å². The van der Waals surface area contributed by atoms with Crippen LogP contribution in [0.2, 0.25) is 0 Å². The van der Waals surface area contributed by atoms with E-state index in [0.29, 0.717) is 13.1 Å². The quantitative estimate of drug-likeness (QED) is 0.623. The van der Waals surface area contributed by atoms with Gasteiger partial charge in [-0.1, -0.05) is 13.8 Å². The fourth-order valence-electron chi connectivity index (χ4n) is 1.59. The molecule has 0 spiro atoms. The smallest absolute Gasteiger partial charge is 0.318 e. The number of hydrogen-bond acceptors (Lipinski definition) is 2. The Bertz CT molecular complexity index is 227. The molecule has 0 aromatic rings. The molecule has 0 aliphatic carbocycles. The Kier molecular flexibility index (Phi) is 2.75. The largest absolute Gasteiger partial charge is 0.368 e. The summed E-state index contributed by atoms with van der Waals surface area (Å²) in [7, 11) is 0. The highest BCUT2D eigenvalue weighted by Crippen LogP contribution is 2.12. The standard InChI is InChI=1S/C8H15N3O2/c1-5(2)6(7(9)12)11-4-3-10-8(11)13/h5-6H,3-4H2,1-2H3,(H2,9,12)(H,10,13). The van der Waals surface area contributed by atoms with Gasteiger partial charge in [0, 0.05) is 13.1 Å². The van der Waals surface area contributed by atoms with Crippen molar-refractivity contribution in [1.29, 1.82) is 0 Å². The Morgan fingerprint density at radius 2 is 2.23 bits per heavy atom. The third kappa shape index (κ3) is 1.91. The average Bonchev–Trinajstić information content (AvgIpc) is 2.35. The van der Waals surface area contributed by atoms with E-state index in [2.05, 4.69) is 5.32 Å². The van der Waals surface area contributed by atoms with Gasteiger partial charge in [0.05, 0.1) is 0 Å². The van der Waals surface area contributed by atoms with E-state index in [9.17, 15) is 9.59 Å². The van der Waals surface area contributed by atoms with Gasteiger partial charge in [0.15, 0.2) is 0 Å². The molecular weight excluding hydrogens is 170 g/mol. The van der Waals surface area contributed by atoms with Crippen molar-refractivity contribution in [2.75, 3.05) is 13.1 Å². The molecule has 1 rings (SSSR count). The van der Waals surface area contributed by atoms with E-state index in [1.54, 1.807) is 0 Å². The topological polar surface area (TPSA) is 75.4 Å². The Balaban J connectivity index is 2.75. The van der Waals surface area contributed by atoms with Crippen molar-refractivity contribution in [2.24, 2.45) is 11.7 Å². The highest BCUT2D eigenvalue weighted by Gasteiger charge is 2.33. The number of nitrogens with zero attached hydrogens (tertiary/aromatic N) is 1. The minimum absolute atomic E-state index is 0.0568. The summed E-state index contributed by atoms with van der Waals surface area (Å²) in [5.74, 6) is -0.381. The average molecular weight is 185 g/mol. The lowest BCUT2D eigenvalue weighted by molar-refractivity contribution is -0.123. The highest BCUT2D eigenvalue weighted by molar-refractivity contribution is 5.87. The minimum Gasteiger partial charge on any atom is -0.368 e. The number of carbonyl (C=O) groups is 2. The molecule has 1 fully saturated rings. The first-order chi connectivity index (χ1) is 6.04.